The fourth-order valence-corrected chi connectivity index (χ4v) is 4.90. The molecule has 1 amide bonds. The van der Waals surface area contributed by atoms with Crippen molar-refractivity contribution in [1.82, 2.24) is 19.1 Å². The van der Waals surface area contributed by atoms with Gasteiger partial charge in [-0.3, -0.25) is 19.1 Å². The van der Waals surface area contributed by atoms with Crippen molar-refractivity contribution in [3.05, 3.63) is 56.5 Å². The summed E-state index contributed by atoms with van der Waals surface area (Å²) in [6.07, 6.45) is 4.36. The number of aromatic nitrogens is 4. The number of unbranched alkanes of at least 4 members (excludes halogenated alkanes) is 1. The molecule has 8 nitrogen and oxygen atoms in total. The van der Waals surface area contributed by atoms with E-state index in [-0.39, 0.29) is 24.3 Å². The molecular weight excluding hydrogens is 430 g/mol. The Morgan fingerprint density at radius 1 is 1.21 bits per heavy atom. The highest BCUT2D eigenvalue weighted by atomic mass is 16.2. The lowest BCUT2D eigenvalue weighted by Gasteiger charge is -2.35. The number of hydrogen-bond acceptors (Lipinski definition) is 4. The van der Waals surface area contributed by atoms with Crippen LogP contribution < -0.4 is 16.1 Å². The molecular formula is C26H35N5O3. The summed E-state index contributed by atoms with van der Waals surface area (Å²) in [5.41, 5.74) is 2.18. The molecule has 0 fully saturated rings. The molecule has 0 aliphatic carbocycles. The minimum Gasteiger partial charge on any atom is -0.322 e. The molecule has 0 radical (unpaired) electrons. The van der Waals surface area contributed by atoms with Crippen molar-refractivity contribution in [3.63, 3.8) is 0 Å². The molecule has 1 aromatic carbocycles. The fraction of sp³-hybridized carbons (Fsp3) is 0.538. The average Bonchev–Trinajstić information content (AvgIpc) is 3.15. The number of para-hydroxylation sites is 1. The van der Waals surface area contributed by atoms with Crippen LogP contribution >= 0.6 is 0 Å². The first-order valence-electron chi connectivity index (χ1n) is 12.4. The SMILES string of the molecule is CCCCn1c(=O)[nH]c(=O)c2c1nc(CCC(=O)N1c3ccccc3CCC1C)n2CC(C)C. The average molecular weight is 466 g/mol. The Morgan fingerprint density at radius 2 is 1.97 bits per heavy atom. The predicted octanol–water partition coefficient (Wildman–Crippen LogP) is 3.64. The van der Waals surface area contributed by atoms with Gasteiger partial charge < -0.3 is 9.47 Å². The third-order valence-corrected chi connectivity index (χ3v) is 6.60. The Bertz CT molecular complexity index is 1300. The zero-order chi connectivity index (χ0) is 24.4. The van der Waals surface area contributed by atoms with Gasteiger partial charge in [0.1, 0.15) is 5.82 Å². The summed E-state index contributed by atoms with van der Waals surface area (Å²) < 4.78 is 3.47. The van der Waals surface area contributed by atoms with Crippen LogP contribution in [0.25, 0.3) is 11.2 Å². The maximum absolute atomic E-state index is 13.4. The summed E-state index contributed by atoms with van der Waals surface area (Å²) >= 11 is 0. The Balaban J connectivity index is 1.69. The normalized spacial score (nSPS) is 15.8. The zero-order valence-corrected chi connectivity index (χ0v) is 20.6. The molecule has 34 heavy (non-hydrogen) atoms. The highest BCUT2D eigenvalue weighted by molar-refractivity contribution is 5.95. The Morgan fingerprint density at radius 3 is 2.71 bits per heavy atom. The van der Waals surface area contributed by atoms with E-state index >= 15 is 0 Å². The van der Waals surface area contributed by atoms with Crippen molar-refractivity contribution in [2.45, 2.75) is 85.4 Å². The third kappa shape index (κ3) is 4.58. The van der Waals surface area contributed by atoms with E-state index in [4.69, 9.17) is 4.98 Å². The maximum atomic E-state index is 13.4. The topological polar surface area (TPSA) is 93.0 Å². The summed E-state index contributed by atoms with van der Waals surface area (Å²) in [5, 5.41) is 0. The Hall–Kier alpha value is -3.16. The summed E-state index contributed by atoms with van der Waals surface area (Å²) in [6.45, 7) is 9.40. The van der Waals surface area contributed by atoms with E-state index in [2.05, 4.69) is 38.7 Å². The number of benzene rings is 1. The van der Waals surface area contributed by atoms with Gasteiger partial charge in [0.05, 0.1) is 0 Å². The lowest BCUT2D eigenvalue weighted by molar-refractivity contribution is -0.119. The molecule has 4 rings (SSSR count). The number of carbonyl (C=O) groups is 1. The van der Waals surface area contributed by atoms with Gasteiger partial charge in [-0.1, -0.05) is 45.4 Å². The van der Waals surface area contributed by atoms with Gasteiger partial charge in [0.25, 0.3) is 5.56 Å². The smallest absolute Gasteiger partial charge is 0.322 e. The molecule has 3 aromatic rings. The van der Waals surface area contributed by atoms with Gasteiger partial charge in [-0.2, -0.15) is 0 Å². The quantitative estimate of drug-likeness (QED) is 0.550. The second-order valence-electron chi connectivity index (χ2n) is 9.75. The van der Waals surface area contributed by atoms with Crippen molar-refractivity contribution < 1.29 is 4.79 Å². The molecule has 1 N–H and O–H groups in total. The standard InChI is InChI=1S/C26H35N5O3/c1-5-6-15-29-24-23(25(33)28-26(29)34)30(16-17(2)3)21(27-24)13-14-22(32)31-18(4)11-12-19-9-7-8-10-20(19)31/h7-10,17-18H,5-6,11-16H2,1-4H3,(H,28,33,34). The number of carbonyl (C=O) groups excluding carboxylic acids is 1. The number of anilines is 1. The molecule has 0 spiro atoms. The molecule has 2 aromatic heterocycles. The van der Waals surface area contributed by atoms with E-state index in [9.17, 15) is 14.4 Å². The van der Waals surface area contributed by atoms with E-state index in [1.165, 1.54) is 5.56 Å². The van der Waals surface area contributed by atoms with Gasteiger partial charge in [-0.25, -0.2) is 9.78 Å². The van der Waals surface area contributed by atoms with Gasteiger partial charge in [0.2, 0.25) is 5.91 Å². The molecule has 182 valence electrons. The van der Waals surface area contributed by atoms with Crippen molar-refractivity contribution in [2.75, 3.05) is 4.90 Å². The summed E-state index contributed by atoms with van der Waals surface area (Å²) in [7, 11) is 0. The highest BCUT2D eigenvalue weighted by Crippen LogP contribution is 2.31. The fourth-order valence-electron chi connectivity index (χ4n) is 4.90. The minimum atomic E-state index is -0.429. The number of hydrogen-bond donors (Lipinski definition) is 1. The number of aromatic amines is 1. The first-order chi connectivity index (χ1) is 16.3. The third-order valence-electron chi connectivity index (χ3n) is 6.60. The van der Waals surface area contributed by atoms with Gasteiger partial charge >= 0.3 is 5.69 Å². The second kappa shape index (κ2) is 9.99. The summed E-state index contributed by atoms with van der Waals surface area (Å²) in [6, 6.07) is 8.23. The molecule has 0 saturated heterocycles. The van der Waals surface area contributed by atoms with Crippen LogP contribution in [0.4, 0.5) is 5.69 Å². The predicted molar refractivity (Wildman–Crippen MR) is 134 cm³/mol. The molecule has 1 aliphatic heterocycles. The largest absolute Gasteiger partial charge is 0.330 e. The number of rotatable bonds is 8. The van der Waals surface area contributed by atoms with Crippen molar-refractivity contribution >= 4 is 22.8 Å². The number of nitrogens with zero attached hydrogens (tertiary/aromatic N) is 4. The number of aryl methyl sites for hydroxylation is 3. The van der Waals surface area contributed by atoms with Crippen LogP contribution in [0.3, 0.4) is 0 Å². The van der Waals surface area contributed by atoms with Crippen molar-refractivity contribution in [2.24, 2.45) is 5.92 Å². The number of imidazole rings is 1. The molecule has 8 heteroatoms. The second-order valence-corrected chi connectivity index (χ2v) is 9.75. The van der Waals surface area contributed by atoms with E-state index in [0.717, 1.165) is 31.4 Å². The monoisotopic (exact) mass is 465 g/mol. The van der Waals surface area contributed by atoms with Crippen molar-refractivity contribution in [3.8, 4) is 0 Å². The van der Waals surface area contributed by atoms with E-state index in [1.54, 1.807) is 4.57 Å². The Kier molecular flexibility index (Phi) is 7.05. The lowest BCUT2D eigenvalue weighted by atomic mass is 9.96. The molecule has 1 unspecified atom stereocenters. The van der Waals surface area contributed by atoms with Crippen LogP contribution in [-0.4, -0.2) is 31.1 Å². The number of nitrogens with one attached hydrogen (secondary N) is 1. The van der Waals surface area contributed by atoms with Gasteiger partial charge in [0, 0.05) is 37.7 Å². The van der Waals surface area contributed by atoms with Crippen LogP contribution in [0, 0.1) is 5.92 Å². The van der Waals surface area contributed by atoms with Crippen LogP contribution in [0.5, 0.6) is 0 Å². The lowest BCUT2D eigenvalue weighted by Crippen LogP contribution is -2.42. The molecule has 3 heterocycles. The maximum Gasteiger partial charge on any atom is 0.330 e. The van der Waals surface area contributed by atoms with Crippen LogP contribution in [-0.2, 0) is 30.7 Å². The number of amides is 1. The Labute approximate surface area is 199 Å². The molecule has 0 bridgehead atoms. The number of fused-ring (bicyclic) bond motifs is 2. The van der Waals surface area contributed by atoms with E-state index < -0.39 is 11.2 Å². The highest BCUT2D eigenvalue weighted by Gasteiger charge is 2.28. The molecule has 1 aliphatic rings. The summed E-state index contributed by atoms with van der Waals surface area (Å²) in [5.74, 6) is 1.01. The van der Waals surface area contributed by atoms with Gasteiger partial charge in [0.15, 0.2) is 11.2 Å². The molecule has 1 atom stereocenters. The zero-order valence-electron chi connectivity index (χ0n) is 20.6. The minimum absolute atomic E-state index is 0.0556. The summed E-state index contributed by atoms with van der Waals surface area (Å²) in [4.78, 5) is 47.9. The van der Waals surface area contributed by atoms with Crippen LogP contribution in [0.15, 0.2) is 33.9 Å². The van der Waals surface area contributed by atoms with Crippen molar-refractivity contribution in [1.29, 1.82) is 0 Å². The first-order valence-corrected chi connectivity index (χ1v) is 12.4. The van der Waals surface area contributed by atoms with Gasteiger partial charge in [-0.05, 0) is 43.7 Å². The van der Waals surface area contributed by atoms with E-state index in [1.807, 2.05) is 27.7 Å². The van der Waals surface area contributed by atoms with E-state index in [0.29, 0.717) is 36.5 Å². The van der Waals surface area contributed by atoms with Crippen LogP contribution in [0.2, 0.25) is 0 Å². The molecule has 0 saturated carbocycles. The first kappa shape index (κ1) is 24.0. The van der Waals surface area contributed by atoms with Crippen LogP contribution in [0.1, 0.15) is 64.8 Å². The number of H-pyrrole nitrogens is 1. The van der Waals surface area contributed by atoms with Gasteiger partial charge in [-0.15, -0.1) is 0 Å².